The number of amides is 1. The quantitative estimate of drug-likeness (QED) is 0.752. The highest BCUT2D eigenvalue weighted by Gasteiger charge is 2.59. The zero-order valence-electron chi connectivity index (χ0n) is 9.44. The van der Waals surface area contributed by atoms with E-state index < -0.39 is 26.3 Å². The SMILES string of the molecule is CC(C)(O)CCN1C(=O)C(C)(C)S1(=O)=O. The summed E-state index contributed by atoms with van der Waals surface area (Å²) in [6.45, 7) is 5.99. The molecule has 1 saturated heterocycles. The van der Waals surface area contributed by atoms with Gasteiger partial charge in [-0.3, -0.25) is 4.79 Å². The van der Waals surface area contributed by atoms with Gasteiger partial charge >= 0.3 is 0 Å². The van der Waals surface area contributed by atoms with Crippen molar-refractivity contribution >= 4 is 15.9 Å². The molecule has 0 aromatic rings. The first-order chi connectivity index (χ1) is 6.50. The Morgan fingerprint density at radius 2 is 1.87 bits per heavy atom. The van der Waals surface area contributed by atoms with E-state index in [9.17, 15) is 18.3 Å². The van der Waals surface area contributed by atoms with E-state index in [-0.39, 0.29) is 13.0 Å². The van der Waals surface area contributed by atoms with Gasteiger partial charge in [0.1, 0.15) is 0 Å². The fourth-order valence-corrected chi connectivity index (χ4v) is 2.88. The Bertz CT molecular complexity index is 377. The molecule has 1 N–H and O–H groups in total. The van der Waals surface area contributed by atoms with Gasteiger partial charge in [-0.2, -0.15) is 0 Å². The molecular weight excluding hydrogens is 218 g/mol. The summed E-state index contributed by atoms with van der Waals surface area (Å²) < 4.78 is 22.8. The maximum atomic E-state index is 11.6. The maximum absolute atomic E-state index is 11.6. The lowest BCUT2D eigenvalue weighted by molar-refractivity contribution is -0.132. The van der Waals surface area contributed by atoms with Crippen LogP contribution in [0.15, 0.2) is 0 Å². The molecule has 0 saturated carbocycles. The van der Waals surface area contributed by atoms with Gasteiger partial charge < -0.3 is 5.11 Å². The third kappa shape index (κ3) is 1.88. The molecule has 1 aliphatic rings. The molecule has 1 amide bonds. The Morgan fingerprint density at radius 1 is 1.40 bits per heavy atom. The number of hydrogen-bond donors (Lipinski definition) is 1. The highest BCUT2D eigenvalue weighted by molar-refractivity contribution is 7.94. The average Bonchev–Trinajstić information content (AvgIpc) is 2.01. The van der Waals surface area contributed by atoms with Crippen LogP contribution in [0.3, 0.4) is 0 Å². The summed E-state index contributed by atoms with van der Waals surface area (Å²) in [7, 11) is -3.50. The third-order valence-electron chi connectivity index (χ3n) is 2.60. The monoisotopic (exact) mass is 235 g/mol. The van der Waals surface area contributed by atoms with Gasteiger partial charge in [0.15, 0.2) is 4.75 Å². The standard InChI is InChI=1S/C9H17NO4S/c1-8(2,12)5-6-10-7(11)9(3,4)15(10,13)14/h12H,5-6H2,1-4H3. The topological polar surface area (TPSA) is 74.7 Å². The summed E-state index contributed by atoms with van der Waals surface area (Å²) in [5.41, 5.74) is -0.963. The molecule has 1 fully saturated rings. The number of carbonyl (C=O) groups excluding carboxylic acids is 1. The summed E-state index contributed by atoms with van der Waals surface area (Å²) in [4.78, 5) is 11.5. The summed E-state index contributed by atoms with van der Waals surface area (Å²) >= 11 is 0. The Labute approximate surface area is 90.1 Å². The maximum Gasteiger partial charge on any atom is 0.258 e. The zero-order chi connectivity index (χ0) is 12.1. The largest absolute Gasteiger partial charge is 0.390 e. The third-order valence-corrected chi connectivity index (χ3v) is 5.00. The lowest BCUT2D eigenvalue weighted by Gasteiger charge is -2.43. The van der Waals surface area contributed by atoms with Crippen molar-refractivity contribution in [2.45, 2.75) is 44.5 Å². The normalized spacial score (nSPS) is 23.8. The fourth-order valence-electron chi connectivity index (χ4n) is 1.35. The Hall–Kier alpha value is -0.620. The van der Waals surface area contributed by atoms with Crippen LogP contribution in [-0.2, 0) is 14.8 Å². The molecular formula is C9H17NO4S. The summed E-state index contributed by atoms with van der Waals surface area (Å²) in [6.07, 6.45) is 0.244. The lowest BCUT2D eigenvalue weighted by atomic mass is 10.1. The highest BCUT2D eigenvalue weighted by atomic mass is 32.2. The number of nitrogens with zero attached hydrogens (tertiary/aromatic N) is 1. The van der Waals surface area contributed by atoms with E-state index in [0.717, 1.165) is 4.31 Å². The summed E-state index contributed by atoms with van der Waals surface area (Å²) in [5, 5.41) is 9.44. The molecule has 0 aromatic carbocycles. The Balaban J connectivity index is 2.73. The first kappa shape index (κ1) is 12.4. The van der Waals surface area contributed by atoms with E-state index in [1.165, 1.54) is 13.8 Å². The van der Waals surface area contributed by atoms with Gasteiger partial charge in [0, 0.05) is 6.54 Å². The van der Waals surface area contributed by atoms with Crippen LogP contribution in [0.2, 0.25) is 0 Å². The molecule has 1 rings (SSSR count). The van der Waals surface area contributed by atoms with Crippen LogP contribution >= 0.6 is 0 Å². The van der Waals surface area contributed by atoms with Crippen molar-refractivity contribution in [2.75, 3.05) is 6.54 Å². The van der Waals surface area contributed by atoms with E-state index >= 15 is 0 Å². The average molecular weight is 235 g/mol. The molecule has 0 aliphatic carbocycles. The van der Waals surface area contributed by atoms with Crippen LogP contribution in [0.5, 0.6) is 0 Å². The number of carbonyl (C=O) groups is 1. The van der Waals surface area contributed by atoms with Crippen molar-refractivity contribution in [3.63, 3.8) is 0 Å². The molecule has 0 atom stereocenters. The zero-order valence-corrected chi connectivity index (χ0v) is 10.3. The van der Waals surface area contributed by atoms with Crippen LogP contribution in [0.25, 0.3) is 0 Å². The van der Waals surface area contributed by atoms with E-state index in [1.807, 2.05) is 0 Å². The van der Waals surface area contributed by atoms with Gasteiger partial charge in [-0.05, 0) is 34.1 Å². The molecule has 0 unspecified atom stereocenters. The minimum Gasteiger partial charge on any atom is -0.390 e. The van der Waals surface area contributed by atoms with Crippen molar-refractivity contribution in [1.29, 1.82) is 0 Å². The molecule has 5 nitrogen and oxygen atoms in total. The lowest BCUT2D eigenvalue weighted by Crippen LogP contribution is -2.67. The van der Waals surface area contributed by atoms with E-state index in [1.54, 1.807) is 13.8 Å². The number of rotatable bonds is 3. The van der Waals surface area contributed by atoms with Crippen molar-refractivity contribution in [2.24, 2.45) is 0 Å². The van der Waals surface area contributed by atoms with Crippen molar-refractivity contribution in [3.05, 3.63) is 0 Å². The summed E-state index contributed by atoms with van der Waals surface area (Å²) in [5.74, 6) is -0.397. The molecule has 88 valence electrons. The smallest absolute Gasteiger partial charge is 0.258 e. The number of aliphatic hydroxyl groups is 1. The second-order valence-corrected chi connectivity index (χ2v) is 7.37. The van der Waals surface area contributed by atoms with Gasteiger partial charge in [0.05, 0.1) is 5.60 Å². The molecule has 0 radical (unpaired) electrons. The fraction of sp³-hybridized carbons (Fsp3) is 0.889. The van der Waals surface area contributed by atoms with E-state index in [4.69, 9.17) is 0 Å². The van der Waals surface area contributed by atoms with E-state index in [2.05, 4.69) is 0 Å². The minimum absolute atomic E-state index is 0.0497. The van der Waals surface area contributed by atoms with Crippen molar-refractivity contribution in [1.82, 2.24) is 4.31 Å². The summed E-state index contributed by atoms with van der Waals surface area (Å²) in [6, 6.07) is 0. The molecule has 6 heteroatoms. The Morgan fingerprint density at radius 3 is 2.20 bits per heavy atom. The number of sulfonamides is 1. The van der Waals surface area contributed by atoms with Crippen LogP contribution in [0, 0.1) is 0 Å². The van der Waals surface area contributed by atoms with Crippen LogP contribution in [0.1, 0.15) is 34.1 Å². The Kier molecular flexibility index (Phi) is 2.64. The number of hydrogen-bond acceptors (Lipinski definition) is 4. The van der Waals surface area contributed by atoms with Crippen LogP contribution in [0.4, 0.5) is 0 Å². The van der Waals surface area contributed by atoms with Gasteiger partial charge in [-0.15, -0.1) is 0 Å². The molecule has 15 heavy (non-hydrogen) atoms. The van der Waals surface area contributed by atoms with Gasteiger partial charge in [0.2, 0.25) is 0 Å². The molecule has 0 aromatic heterocycles. The molecule has 1 aliphatic heterocycles. The second kappa shape index (κ2) is 3.18. The van der Waals surface area contributed by atoms with Crippen LogP contribution in [-0.4, -0.2) is 40.6 Å². The highest BCUT2D eigenvalue weighted by Crippen LogP contribution is 2.35. The van der Waals surface area contributed by atoms with Crippen molar-refractivity contribution in [3.8, 4) is 0 Å². The van der Waals surface area contributed by atoms with E-state index in [0.29, 0.717) is 0 Å². The van der Waals surface area contributed by atoms with Crippen molar-refractivity contribution < 1.29 is 18.3 Å². The van der Waals surface area contributed by atoms with Gasteiger partial charge in [0.25, 0.3) is 15.9 Å². The molecule has 1 heterocycles. The second-order valence-electron chi connectivity index (χ2n) is 4.96. The van der Waals surface area contributed by atoms with Gasteiger partial charge in [-0.1, -0.05) is 0 Å². The predicted octanol–water partition coefficient (Wildman–Crippen LogP) is 0.0980. The van der Waals surface area contributed by atoms with Gasteiger partial charge in [-0.25, -0.2) is 12.7 Å². The first-order valence-corrected chi connectivity index (χ1v) is 6.23. The van der Waals surface area contributed by atoms with Crippen LogP contribution < -0.4 is 0 Å². The molecule has 0 bridgehead atoms. The molecule has 0 spiro atoms. The first-order valence-electron chi connectivity index (χ1n) is 4.79. The minimum atomic E-state index is -3.50. The predicted molar refractivity (Wildman–Crippen MR) is 55.6 cm³/mol.